The van der Waals surface area contributed by atoms with E-state index in [-0.39, 0.29) is 18.4 Å². The van der Waals surface area contributed by atoms with Crippen LogP contribution in [0.3, 0.4) is 0 Å². The fourth-order valence-electron chi connectivity index (χ4n) is 3.70. The predicted octanol–water partition coefficient (Wildman–Crippen LogP) is 4.82. The molecule has 0 aliphatic carbocycles. The van der Waals surface area contributed by atoms with E-state index in [9.17, 15) is 9.59 Å². The van der Waals surface area contributed by atoms with E-state index in [0.29, 0.717) is 48.2 Å². The summed E-state index contributed by atoms with van der Waals surface area (Å²) in [6.45, 7) is 5.17. The Morgan fingerprint density at radius 3 is 2.00 bits per heavy atom. The molecule has 0 saturated heterocycles. The van der Waals surface area contributed by atoms with Crippen LogP contribution < -0.4 is 24.8 Å². The second kappa shape index (κ2) is 13.2. The van der Waals surface area contributed by atoms with Crippen LogP contribution in [0.2, 0.25) is 0 Å². The molecule has 0 aromatic heterocycles. The van der Waals surface area contributed by atoms with Gasteiger partial charge in [0.1, 0.15) is 17.2 Å². The van der Waals surface area contributed by atoms with Crippen molar-refractivity contribution in [2.75, 3.05) is 44.5 Å². The first-order chi connectivity index (χ1) is 17.4. The molecule has 0 saturated carbocycles. The molecule has 0 unspecified atom stereocenters. The summed E-state index contributed by atoms with van der Waals surface area (Å²) in [5.74, 6) is 1.16. The number of nitrogens with one attached hydrogen (secondary N) is 2. The van der Waals surface area contributed by atoms with E-state index >= 15 is 0 Å². The Morgan fingerprint density at radius 2 is 1.39 bits per heavy atom. The first-order valence-electron chi connectivity index (χ1n) is 11.8. The zero-order chi connectivity index (χ0) is 25.9. The SMILES string of the molecule is CCOc1cc(NC(=O)c2ccccc2)c(OCC)cc1NC(=O)CN(C)Cc1ccccc1OC. The number of carbonyl (C=O) groups excluding carboxylic acids is 2. The molecule has 8 nitrogen and oxygen atoms in total. The van der Waals surface area contributed by atoms with E-state index in [1.165, 1.54) is 0 Å². The van der Waals surface area contributed by atoms with Crippen molar-refractivity contribution in [3.8, 4) is 17.2 Å². The van der Waals surface area contributed by atoms with Crippen molar-refractivity contribution in [2.45, 2.75) is 20.4 Å². The number of nitrogens with zero attached hydrogens (tertiary/aromatic N) is 1. The normalized spacial score (nSPS) is 10.6. The smallest absolute Gasteiger partial charge is 0.255 e. The van der Waals surface area contributed by atoms with Crippen molar-refractivity contribution in [3.05, 3.63) is 77.9 Å². The van der Waals surface area contributed by atoms with Gasteiger partial charge in [0.05, 0.1) is 38.2 Å². The molecule has 8 heteroatoms. The van der Waals surface area contributed by atoms with E-state index in [1.807, 2.05) is 56.1 Å². The van der Waals surface area contributed by atoms with Gasteiger partial charge < -0.3 is 24.8 Å². The number of rotatable bonds is 12. The Kier molecular flexibility index (Phi) is 9.71. The fraction of sp³-hybridized carbons (Fsp3) is 0.286. The van der Waals surface area contributed by atoms with Gasteiger partial charge in [-0.25, -0.2) is 0 Å². The second-order valence-electron chi connectivity index (χ2n) is 8.06. The minimum Gasteiger partial charge on any atom is -0.496 e. The monoisotopic (exact) mass is 491 g/mol. The van der Waals surface area contributed by atoms with Gasteiger partial charge in [0.25, 0.3) is 5.91 Å². The van der Waals surface area contributed by atoms with Crippen molar-refractivity contribution >= 4 is 23.2 Å². The van der Waals surface area contributed by atoms with E-state index < -0.39 is 0 Å². The highest BCUT2D eigenvalue weighted by molar-refractivity contribution is 6.05. The lowest BCUT2D eigenvalue weighted by atomic mass is 10.2. The number of hydrogen-bond donors (Lipinski definition) is 2. The number of carbonyl (C=O) groups is 2. The number of methoxy groups -OCH3 is 1. The first kappa shape index (κ1) is 26.6. The quantitative estimate of drug-likeness (QED) is 0.378. The van der Waals surface area contributed by atoms with Crippen LogP contribution >= 0.6 is 0 Å². The Balaban J connectivity index is 1.77. The maximum atomic E-state index is 12.9. The number of likely N-dealkylation sites (N-methyl/N-ethyl adjacent to an activating group) is 1. The van der Waals surface area contributed by atoms with Gasteiger partial charge in [-0.15, -0.1) is 0 Å². The van der Waals surface area contributed by atoms with Crippen LogP contribution in [-0.4, -0.2) is 50.6 Å². The van der Waals surface area contributed by atoms with Crippen LogP contribution in [0.1, 0.15) is 29.8 Å². The second-order valence-corrected chi connectivity index (χ2v) is 8.06. The number of hydrogen-bond acceptors (Lipinski definition) is 6. The molecule has 0 fully saturated rings. The van der Waals surface area contributed by atoms with Gasteiger partial charge in [-0.1, -0.05) is 36.4 Å². The molecule has 0 atom stereocenters. The van der Waals surface area contributed by atoms with Gasteiger partial charge in [0, 0.05) is 29.8 Å². The molecule has 2 N–H and O–H groups in total. The Bertz CT molecular complexity index is 1170. The van der Waals surface area contributed by atoms with Crippen molar-refractivity contribution in [2.24, 2.45) is 0 Å². The van der Waals surface area contributed by atoms with Crippen LogP contribution in [0.4, 0.5) is 11.4 Å². The van der Waals surface area contributed by atoms with Gasteiger partial charge in [-0.3, -0.25) is 14.5 Å². The summed E-state index contributed by atoms with van der Waals surface area (Å²) < 4.78 is 17.0. The molecule has 3 rings (SSSR count). The molecule has 0 radical (unpaired) electrons. The minimum absolute atomic E-state index is 0.153. The van der Waals surface area contributed by atoms with Crippen molar-refractivity contribution in [1.82, 2.24) is 4.90 Å². The average Bonchev–Trinajstić information content (AvgIpc) is 2.87. The molecule has 3 aromatic carbocycles. The third kappa shape index (κ3) is 7.23. The van der Waals surface area contributed by atoms with Gasteiger partial charge in [-0.2, -0.15) is 0 Å². The van der Waals surface area contributed by atoms with Crippen LogP contribution in [0.25, 0.3) is 0 Å². The minimum atomic E-state index is -0.270. The highest BCUT2D eigenvalue weighted by atomic mass is 16.5. The number of para-hydroxylation sites is 1. The average molecular weight is 492 g/mol. The van der Waals surface area contributed by atoms with E-state index in [4.69, 9.17) is 14.2 Å². The van der Waals surface area contributed by atoms with Crippen LogP contribution in [0, 0.1) is 0 Å². The largest absolute Gasteiger partial charge is 0.496 e. The maximum Gasteiger partial charge on any atom is 0.255 e. The highest BCUT2D eigenvalue weighted by Gasteiger charge is 2.18. The molecular formula is C28H33N3O5. The number of amides is 2. The zero-order valence-corrected chi connectivity index (χ0v) is 21.2. The third-order valence-electron chi connectivity index (χ3n) is 5.29. The lowest BCUT2D eigenvalue weighted by Gasteiger charge is -2.20. The van der Waals surface area contributed by atoms with Gasteiger partial charge in [0.2, 0.25) is 5.91 Å². The third-order valence-corrected chi connectivity index (χ3v) is 5.29. The maximum absolute atomic E-state index is 12.9. The summed E-state index contributed by atoms with van der Waals surface area (Å²) in [5.41, 5.74) is 2.44. The number of ether oxygens (including phenoxy) is 3. The molecule has 0 aliphatic rings. The summed E-state index contributed by atoms with van der Waals surface area (Å²) in [7, 11) is 3.49. The molecule has 2 amide bonds. The Hall–Kier alpha value is -4.04. The summed E-state index contributed by atoms with van der Waals surface area (Å²) in [5, 5.41) is 5.81. The molecule has 190 valence electrons. The van der Waals surface area contributed by atoms with Crippen LogP contribution in [0.5, 0.6) is 17.2 Å². The van der Waals surface area contributed by atoms with Gasteiger partial charge in [0.15, 0.2) is 0 Å². The standard InChI is InChI=1S/C28H33N3O5/c1-5-35-25-17-23(30-28(33)20-12-8-7-9-13-20)26(36-6-2)16-22(25)29-27(32)19-31(3)18-21-14-10-11-15-24(21)34-4/h7-17H,5-6,18-19H2,1-4H3,(H,29,32)(H,30,33). The summed E-state index contributed by atoms with van der Waals surface area (Å²) >= 11 is 0. The van der Waals surface area contributed by atoms with Gasteiger partial charge >= 0.3 is 0 Å². The van der Waals surface area contributed by atoms with E-state index in [2.05, 4.69) is 10.6 Å². The number of benzene rings is 3. The van der Waals surface area contributed by atoms with Gasteiger partial charge in [-0.05, 0) is 39.1 Å². The van der Waals surface area contributed by atoms with Crippen molar-refractivity contribution in [1.29, 1.82) is 0 Å². The Labute approximate surface area is 212 Å². The Morgan fingerprint density at radius 1 is 0.806 bits per heavy atom. The lowest BCUT2D eigenvalue weighted by molar-refractivity contribution is -0.117. The summed E-state index contributed by atoms with van der Waals surface area (Å²) in [6, 6.07) is 20.0. The lowest BCUT2D eigenvalue weighted by Crippen LogP contribution is -2.30. The fourth-order valence-corrected chi connectivity index (χ4v) is 3.70. The first-order valence-corrected chi connectivity index (χ1v) is 11.8. The molecular weight excluding hydrogens is 458 g/mol. The molecule has 0 aliphatic heterocycles. The van der Waals surface area contributed by atoms with Crippen LogP contribution in [-0.2, 0) is 11.3 Å². The van der Waals surface area contributed by atoms with E-state index in [1.54, 1.807) is 43.5 Å². The zero-order valence-electron chi connectivity index (χ0n) is 21.2. The summed E-state index contributed by atoms with van der Waals surface area (Å²) in [4.78, 5) is 27.5. The summed E-state index contributed by atoms with van der Waals surface area (Å²) in [6.07, 6.45) is 0. The van der Waals surface area contributed by atoms with E-state index in [0.717, 1.165) is 11.3 Å². The van der Waals surface area contributed by atoms with Crippen molar-refractivity contribution in [3.63, 3.8) is 0 Å². The van der Waals surface area contributed by atoms with Crippen LogP contribution in [0.15, 0.2) is 66.7 Å². The molecule has 0 spiro atoms. The number of anilines is 2. The van der Waals surface area contributed by atoms with Crippen molar-refractivity contribution < 1.29 is 23.8 Å². The predicted molar refractivity (Wildman–Crippen MR) is 141 cm³/mol. The molecule has 36 heavy (non-hydrogen) atoms. The highest BCUT2D eigenvalue weighted by Crippen LogP contribution is 2.37. The topological polar surface area (TPSA) is 89.1 Å². The molecule has 3 aromatic rings. The molecule has 0 heterocycles. The molecule has 0 bridgehead atoms.